The predicted molar refractivity (Wildman–Crippen MR) is 108 cm³/mol. The maximum atomic E-state index is 13.7. The summed E-state index contributed by atoms with van der Waals surface area (Å²) in [5.41, 5.74) is 1.20. The summed E-state index contributed by atoms with van der Waals surface area (Å²) in [4.78, 5) is 37.8. The molecule has 28 heavy (non-hydrogen) atoms. The van der Waals surface area contributed by atoms with Crippen molar-refractivity contribution in [1.82, 2.24) is 0 Å². The van der Waals surface area contributed by atoms with E-state index in [1.54, 1.807) is 6.07 Å². The van der Waals surface area contributed by atoms with Crippen LogP contribution in [0.2, 0.25) is 0 Å². The molecule has 0 fully saturated rings. The van der Waals surface area contributed by atoms with Gasteiger partial charge in [-0.15, -0.1) is 0 Å². The number of carbonyl (C=O) groups excluding carboxylic acids is 3. The fourth-order valence-electron chi connectivity index (χ4n) is 2.69. The van der Waals surface area contributed by atoms with Crippen molar-refractivity contribution in [3.8, 4) is 0 Å². The van der Waals surface area contributed by atoms with Crippen LogP contribution in [0.1, 0.15) is 12.5 Å². The molecular formula is C21H22FNO4S. The molecule has 0 aromatic heterocycles. The maximum Gasteiger partial charge on any atom is 0.325 e. The minimum Gasteiger partial charge on any atom is -0.468 e. The highest BCUT2D eigenvalue weighted by Gasteiger charge is 2.28. The van der Waals surface area contributed by atoms with Crippen molar-refractivity contribution in [3.63, 3.8) is 0 Å². The Morgan fingerprint density at radius 2 is 1.82 bits per heavy atom. The highest BCUT2D eigenvalue weighted by Crippen LogP contribution is 2.23. The lowest BCUT2D eigenvalue weighted by molar-refractivity contribution is -0.140. The Kier molecular flexibility index (Phi) is 8.19. The quantitative estimate of drug-likeness (QED) is 0.632. The lowest BCUT2D eigenvalue weighted by Crippen LogP contribution is -2.42. The number of nitrogens with zero attached hydrogens (tertiary/aromatic N) is 1. The summed E-state index contributed by atoms with van der Waals surface area (Å²) in [7, 11) is 1.23. The molecule has 7 heteroatoms. The van der Waals surface area contributed by atoms with Gasteiger partial charge in [-0.25, -0.2) is 4.39 Å². The van der Waals surface area contributed by atoms with E-state index in [4.69, 9.17) is 4.74 Å². The molecule has 0 aliphatic rings. The van der Waals surface area contributed by atoms with Crippen molar-refractivity contribution in [2.24, 2.45) is 5.92 Å². The Labute approximate surface area is 167 Å². The van der Waals surface area contributed by atoms with Crippen LogP contribution in [0.25, 0.3) is 0 Å². The normalized spacial score (nSPS) is 11.5. The summed E-state index contributed by atoms with van der Waals surface area (Å²) in [5, 5.41) is -0.101. The van der Waals surface area contributed by atoms with Crippen LogP contribution in [0.15, 0.2) is 54.6 Å². The Morgan fingerprint density at radius 3 is 2.43 bits per heavy atom. The van der Waals surface area contributed by atoms with Crippen molar-refractivity contribution >= 4 is 34.4 Å². The van der Waals surface area contributed by atoms with Gasteiger partial charge in [0.15, 0.2) is 5.12 Å². The van der Waals surface area contributed by atoms with Gasteiger partial charge in [0.05, 0.1) is 13.0 Å². The van der Waals surface area contributed by atoms with E-state index in [9.17, 15) is 18.8 Å². The number of hydrogen-bond acceptors (Lipinski definition) is 5. The number of amides is 1. The molecular weight excluding hydrogens is 381 g/mol. The summed E-state index contributed by atoms with van der Waals surface area (Å²) in [5.74, 6) is -1.80. The first-order valence-corrected chi connectivity index (χ1v) is 9.70. The van der Waals surface area contributed by atoms with Gasteiger partial charge >= 0.3 is 5.97 Å². The fourth-order valence-corrected chi connectivity index (χ4v) is 3.38. The molecule has 0 bridgehead atoms. The number of ether oxygens (including phenoxy) is 1. The van der Waals surface area contributed by atoms with E-state index in [2.05, 4.69) is 0 Å². The minimum absolute atomic E-state index is 0.101. The Hall–Kier alpha value is -2.67. The van der Waals surface area contributed by atoms with Crippen molar-refractivity contribution in [3.05, 3.63) is 66.0 Å². The zero-order valence-electron chi connectivity index (χ0n) is 15.8. The van der Waals surface area contributed by atoms with Crippen molar-refractivity contribution in [2.75, 3.05) is 24.3 Å². The molecule has 0 N–H and O–H groups in total. The van der Waals surface area contributed by atoms with Crippen LogP contribution in [0.3, 0.4) is 0 Å². The lowest BCUT2D eigenvalue weighted by Gasteiger charge is -2.26. The second-order valence-electron chi connectivity index (χ2n) is 6.17. The number of carbonyl (C=O) groups is 3. The molecule has 2 aromatic rings. The monoisotopic (exact) mass is 403 g/mol. The summed E-state index contributed by atoms with van der Waals surface area (Å²) < 4.78 is 18.4. The number of halogens is 1. The number of rotatable bonds is 8. The van der Waals surface area contributed by atoms with Crippen molar-refractivity contribution < 1.29 is 23.5 Å². The van der Waals surface area contributed by atoms with Gasteiger partial charge in [0.1, 0.15) is 12.4 Å². The molecule has 1 unspecified atom stereocenters. The first-order chi connectivity index (χ1) is 13.4. The zero-order chi connectivity index (χ0) is 20.5. The molecule has 148 valence electrons. The Morgan fingerprint density at radius 1 is 1.11 bits per heavy atom. The van der Waals surface area contributed by atoms with Gasteiger partial charge in [-0.3, -0.25) is 14.4 Å². The van der Waals surface area contributed by atoms with Crippen LogP contribution in [0.5, 0.6) is 0 Å². The molecule has 0 radical (unpaired) electrons. The second kappa shape index (κ2) is 10.6. The molecule has 0 aliphatic heterocycles. The van der Waals surface area contributed by atoms with E-state index in [-0.39, 0.29) is 29.0 Å². The van der Waals surface area contributed by atoms with Gasteiger partial charge in [-0.05, 0) is 30.2 Å². The highest BCUT2D eigenvalue weighted by atomic mass is 32.2. The number of esters is 1. The van der Waals surface area contributed by atoms with Crippen LogP contribution in [-0.4, -0.2) is 36.4 Å². The SMILES string of the molecule is COC(=O)CN(C(=O)C(CSC(C)=O)Cc1ccccc1)c1cccc(F)c1. The minimum atomic E-state index is -0.615. The molecule has 2 aromatic carbocycles. The molecule has 0 spiro atoms. The molecule has 0 heterocycles. The topological polar surface area (TPSA) is 63.7 Å². The summed E-state index contributed by atoms with van der Waals surface area (Å²) >= 11 is 1.05. The third kappa shape index (κ3) is 6.49. The standard InChI is InChI=1S/C21H22FNO4S/c1-15(24)28-14-17(11-16-7-4-3-5-8-16)21(26)23(13-20(25)27-2)19-10-6-9-18(22)12-19/h3-10,12,17H,11,13-14H2,1-2H3. The lowest BCUT2D eigenvalue weighted by atomic mass is 9.99. The van der Waals surface area contributed by atoms with Gasteiger partial charge in [0, 0.05) is 18.4 Å². The van der Waals surface area contributed by atoms with Gasteiger partial charge < -0.3 is 9.64 Å². The van der Waals surface area contributed by atoms with Crippen LogP contribution >= 0.6 is 11.8 Å². The Bertz CT molecular complexity index is 828. The van der Waals surface area contributed by atoms with Gasteiger partial charge in [-0.1, -0.05) is 48.2 Å². The Balaban J connectivity index is 2.33. The second-order valence-corrected chi connectivity index (χ2v) is 7.37. The average molecular weight is 403 g/mol. The number of hydrogen-bond donors (Lipinski definition) is 0. The first kappa shape index (κ1) is 21.6. The van der Waals surface area contributed by atoms with Crippen LogP contribution in [-0.2, 0) is 25.5 Å². The summed E-state index contributed by atoms with van der Waals surface area (Å²) in [6.45, 7) is 1.10. The number of methoxy groups -OCH3 is 1. The number of benzene rings is 2. The van der Waals surface area contributed by atoms with Crippen LogP contribution in [0.4, 0.5) is 10.1 Å². The van der Waals surface area contributed by atoms with E-state index < -0.39 is 17.7 Å². The van der Waals surface area contributed by atoms with Crippen molar-refractivity contribution in [1.29, 1.82) is 0 Å². The predicted octanol–water partition coefficient (Wildman–Crippen LogP) is 3.47. The highest BCUT2D eigenvalue weighted by molar-refractivity contribution is 8.13. The molecule has 2 rings (SSSR count). The van der Waals surface area contributed by atoms with E-state index in [1.807, 2.05) is 30.3 Å². The fraction of sp³-hybridized carbons (Fsp3) is 0.286. The molecule has 0 saturated heterocycles. The van der Waals surface area contributed by atoms with Crippen LogP contribution < -0.4 is 4.90 Å². The van der Waals surface area contributed by atoms with Gasteiger partial charge in [0.25, 0.3) is 0 Å². The largest absolute Gasteiger partial charge is 0.468 e. The van der Waals surface area contributed by atoms with Crippen LogP contribution in [0, 0.1) is 11.7 Å². The summed E-state index contributed by atoms with van der Waals surface area (Å²) in [6.07, 6.45) is 0.396. The molecule has 5 nitrogen and oxygen atoms in total. The number of anilines is 1. The first-order valence-electron chi connectivity index (χ1n) is 8.71. The van der Waals surface area contributed by atoms with Crippen molar-refractivity contribution in [2.45, 2.75) is 13.3 Å². The smallest absolute Gasteiger partial charge is 0.325 e. The van der Waals surface area contributed by atoms with Gasteiger partial charge in [-0.2, -0.15) is 0 Å². The molecule has 0 aliphatic carbocycles. The third-order valence-electron chi connectivity index (χ3n) is 4.06. The van der Waals surface area contributed by atoms with Gasteiger partial charge in [0.2, 0.25) is 5.91 Å². The summed E-state index contributed by atoms with van der Waals surface area (Å²) in [6, 6.07) is 14.9. The number of thioether (sulfide) groups is 1. The maximum absolute atomic E-state index is 13.7. The van der Waals surface area contributed by atoms with E-state index in [0.717, 1.165) is 17.3 Å². The zero-order valence-corrected chi connectivity index (χ0v) is 16.6. The van der Waals surface area contributed by atoms with E-state index in [0.29, 0.717) is 6.42 Å². The third-order valence-corrected chi connectivity index (χ3v) is 5.04. The average Bonchev–Trinajstić information content (AvgIpc) is 2.69. The van der Waals surface area contributed by atoms with E-state index >= 15 is 0 Å². The molecule has 1 atom stereocenters. The van der Waals surface area contributed by atoms with E-state index in [1.165, 1.54) is 37.1 Å². The molecule has 0 saturated carbocycles. The molecule has 1 amide bonds.